The number of benzene rings is 1. The molecule has 0 bridgehead atoms. The molecule has 1 atom stereocenters. The summed E-state index contributed by atoms with van der Waals surface area (Å²) in [7, 11) is -2.71. The molecule has 0 aliphatic carbocycles. The Kier molecular flexibility index (Phi) is 5.58. The predicted octanol–water partition coefficient (Wildman–Crippen LogP) is 1.03. The average molecular weight is 309 g/mol. The van der Waals surface area contributed by atoms with Gasteiger partial charge in [-0.1, -0.05) is 0 Å². The molecule has 1 rings (SSSR count). The van der Waals surface area contributed by atoms with Crippen molar-refractivity contribution in [2.75, 3.05) is 20.3 Å². The van der Waals surface area contributed by atoms with E-state index in [0.717, 1.165) is 12.1 Å². The van der Waals surface area contributed by atoms with Crippen molar-refractivity contribution in [2.45, 2.75) is 23.8 Å². The van der Waals surface area contributed by atoms with Crippen LogP contribution in [0.1, 0.15) is 13.3 Å². The Labute approximate surface area is 116 Å². The lowest BCUT2D eigenvalue weighted by Crippen LogP contribution is -2.41. The van der Waals surface area contributed by atoms with Crippen molar-refractivity contribution in [3.8, 4) is 0 Å². The maximum absolute atomic E-state index is 13.4. The van der Waals surface area contributed by atoms with E-state index in [-0.39, 0.29) is 19.6 Å². The highest BCUT2D eigenvalue weighted by molar-refractivity contribution is 7.89. The van der Waals surface area contributed by atoms with Gasteiger partial charge in [0.25, 0.3) is 0 Å². The standard InChI is InChI=1S/C12H17F2NO4S/c1-12(16,5-6-19-2)8-15-20(17,18)11-4-3-9(13)7-10(11)14/h3-4,7,15-16H,5-6,8H2,1-2H3. The highest BCUT2D eigenvalue weighted by Gasteiger charge is 2.25. The maximum atomic E-state index is 13.4. The first-order valence-corrected chi connectivity index (χ1v) is 7.32. The van der Waals surface area contributed by atoms with Crippen molar-refractivity contribution in [3.05, 3.63) is 29.8 Å². The van der Waals surface area contributed by atoms with Crippen LogP contribution < -0.4 is 4.72 Å². The molecule has 8 heteroatoms. The number of halogens is 2. The number of ether oxygens (including phenoxy) is 1. The van der Waals surface area contributed by atoms with E-state index in [9.17, 15) is 22.3 Å². The number of hydrogen-bond donors (Lipinski definition) is 2. The zero-order valence-corrected chi connectivity index (χ0v) is 12.0. The van der Waals surface area contributed by atoms with E-state index < -0.39 is 32.2 Å². The fourth-order valence-corrected chi connectivity index (χ4v) is 2.65. The Morgan fingerprint density at radius 3 is 2.60 bits per heavy atom. The average Bonchev–Trinajstić information content (AvgIpc) is 2.34. The smallest absolute Gasteiger partial charge is 0.243 e. The van der Waals surface area contributed by atoms with Crippen molar-refractivity contribution in [2.24, 2.45) is 0 Å². The Morgan fingerprint density at radius 2 is 2.05 bits per heavy atom. The molecule has 1 unspecified atom stereocenters. The summed E-state index contributed by atoms with van der Waals surface area (Å²) in [5, 5.41) is 9.91. The molecule has 0 radical (unpaired) electrons. The molecular formula is C12H17F2NO4S. The molecule has 0 saturated carbocycles. The van der Waals surface area contributed by atoms with Gasteiger partial charge in [0.1, 0.15) is 16.5 Å². The molecule has 114 valence electrons. The van der Waals surface area contributed by atoms with Gasteiger partial charge in [0.05, 0.1) is 5.60 Å². The highest BCUT2D eigenvalue weighted by Crippen LogP contribution is 2.16. The molecule has 5 nitrogen and oxygen atoms in total. The first-order valence-electron chi connectivity index (χ1n) is 5.84. The molecule has 1 aromatic carbocycles. The summed E-state index contributed by atoms with van der Waals surface area (Å²) in [6.45, 7) is 1.37. The van der Waals surface area contributed by atoms with Crippen LogP contribution in [0.5, 0.6) is 0 Å². The van der Waals surface area contributed by atoms with Crippen molar-refractivity contribution in [1.82, 2.24) is 4.72 Å². The van der Waals surface area contributed by atoms with E-state index in [1.165, 1.54) is 14.0 Å². The Balaban J connectivity index is 2.80. The van der Waals surface area contributed by atoms with Gasteiger partial charge in [-0.25, -0.2) is 21.9 Å². The molecule has 2 N–H and O–H groups in total. The normalized spacial score (nSPS) is 15.1. The summed E-state index contributed by atoms with van der Waals surface area (Å²) >= 11 is 0. The number of hydrogen-bond acceptors (Lipinski definition) is 4. The van der Waals surface area contributed by atoms with Crippen molar-refractivity contribution < 1.29 is 27.0 Å². The van der Waals surface area contributed by atoms with Crippen LogP contribution >= 0.6 is 0 Å². The summed E-state index contributed by atoms with van der Waals surface area (Å²) in [6.07, 6.45) is 0.206. The van der Waals surface area contributed by atoms with Gasteiger partial charge in [-0.05, 0) is 19.1 Å². The van der Waals surface area contributed by atoms with Gasteiger partial charge in [-0.3, -0.25) is 0 Å². The fourth-order valence-electron chi connectivity index (χ4n) is 1.43. The third kappa shape index (κ3) is 4.78. The first kappa shape index (κ1) is 17.0. The van der Waals surface area contributed by atoms with Gasteiger partial charge < -0.3 is 9.84 Å². The second-order valence-corrected chi connectivity index (χ2v) is 6.37. The van der Waals surface area contributed by atoms with Crippen LogP contribution in [-0.4, -0.2) is 39.4 Å². The van der Waals surface area contributed by atoms with Crippen LogP contribution in [0.15, 0.2) is 23.1 Å². The molecule has 0 fully saturated rings. The minimum atomic E-state index is -4.16. The molecule has 0 aromatic heterocycles. The first-order chi connectivity index (χ1) is 9.18. The Bertz CT molecular complexity index is 561. The SMILES string of the molecule is COCCC(C)(O)CNS(=O)(=O)c1ccc(F)cc1F. The lowest BCUT2D eigenvalue weighted by molar-refractivity contribution is 0.0292. The summed E-state index contributed by atoms with van der Waals surface area (Å²) in [6, 6.07) is 2.16. The van der Waals surface area contributed by atoms with Gasteiger partial charge >= 0.3 is 0 Å². The van der Waals surface area contributed by atoms with Crippen molar-refractivity contribution in [1.29, 1.82) is 0 Å². The molecule has 0 aliphatic rings. The van der Waals surface area contributed by atoms with E-state index in [4.69, 9.17) is 4.74 Å². The lowest BCUT2D eigenvalue weighted by atomic mass is 10.0. The number of sulfonamides is 1. The van der Waals surface area contributed by atoms with Gasteiger partial charge in [0, 0.05) is 32.7 Å². The predicted molar refractivity (Wildman–Crippen MR) is 68.7 cm³/mol. The number of methoxy groups -OCH3 is 1. The van der Waals surface area contributed by atoms with E-state index in [2.05, 4.69) is 4.72 Å². The number of rotatable bonds is 7. The van der Waals surface area contributed by atoms with Gasteiger partial charge in [-0.2, -0.15) is 0 Å². The molecular weight excluding hydrogens is 292 g/mol. The largest absolute Gasteiger partial charge is 0.389 e. The Hall–Kier alpha value is -1.09. The molecule has 0 heterocycles. The molecule has 0 aliphatic heterocycles. The van der Waals surface area contributed by atoms with Crippen molar-refractivity contribution in [3.63, 3.8) is 0 Å². The van der Waals surface area contributed by atoms with Crippen LogP contribution in [0.4, 0.5) is 8.78 Å². The summed E-state index contributed by atoms with van der Waals surface area (Å²) in [4.78, 5) is -0.665. The highest BCUT2D eigenvalue weighted by atomic mass is 32.2. The third-order valence-electron chi connectivity index (χ3n) is 2.67. The second-order valence-electron chi connectivity index (χ2n) is 4.64. The minimum absolute atomic E-state index is 0.206. The zero-order chi connectivity index (χ0) is 15.4. The third-order valence-corrected chi connectivity index (χ3v) is 4.11. The second kappa shape index (κ2) is 6.57. The van der Waals surface area contributed by atoms with E-state index in [1.54, 1.807) is 0 Å². The maximum Gasteiger partial charge on any atom is 0.243 e. The monoisotopic (exact) mass is 309 g/mol. The quantitative estimate of drug-likeness (QED) is 0.789. The minimum Gasteiger partial charge on any atom is -0.389 e. The fraction of sp³-hybridized carbons (Fsp3) is 0.500. The van der Waals surface area contributed by atoms with Gasteiger partial charge in [0.15, 0.2) is 0 Å². The molecule has 0 saturated heterocycles. The molecule has 0 spiro atoms. The molecule has 20 heavy (non-hydrogen) atoms. The van der Waals surface area contributed by atoms with E-state index in [0.29, 0.717) is 6.07 Å². The lowest BCUT2D eigenvalue weighted by Gasteiger charge is -2.23. The van der Waals surface area contributed by atoms with E-state index >= 15 is 0 Å². The topological polar surface area (TPSA) is 75.6 Å². The van der Waals surface area contributed by atoms with Crippen LogP contribution in [-0.2, 0) is 14.8 Å². The van der Waals surface area contributed by atoms with Crippen LogP contribution in [0.25, 0.3) is 0 Å². The van der Waals surface area contributed by atoms with Crippen LogP contribution in [0.3, 0.4) is 0 Å². The zero-order valence-electron chi connectivity index (χ0n) is 11.2. The number of nitrogens with one attached hydrogen (secondary N) is 1. The van der Waals surface area contributed by atoms with Crippen molar-refractivity contribution >= 4 is 10.0 Å². The molecule has 0 amide bonds. The van der Waals surface area contributed by atoms with Gasteiger partial charge in [0.2, 0.25) is 10.0 Å². The summed E-state index contributed by atoms with van der Waals surface area (Å²) < 4.78 is 56.8. The van der Waals surface area contributed by atoms with Crippen LogP contribution in [0, 0.1) is 11.6 Å². The summed E-state index contributed by atoms with van der Waals surface area (Å²) in [5.74, 6) is -2.05. The van der Waals surface area contributed by atoms with Gasteiger partial charge in [-0.15, -0.1) is 0 Å². The molecule has 1 aromatic rings. The summed E-state index contributed by atoms with van der Waals surface area (Å²) in [5.41, 5.74) is -1.33. The Morgan fingerprint density at radius 1 is 1.40 bits per heavy atom. The number of aliphatic hydroxyl groups is 1. The van der Waals surface area contributed by atoms with E-state index in [1.807, 2.05) is 0 Å². The van der Waals surface area contributed by atoms with Crippen LogP contribution in [0.2, 0.25) is 0 Å².